The van der Waals surface area contributed by atoms with Gasteiger partial charge in [0, 0.05) is 36.3 Å². The maximum Gasteiger partial charge on any atom is 0.274 e. The number of nitro benzene ring substituents is 1. The van der Waals surface area contributed by atoms with E-state index in [1.807, 2.05) is 32.0 Å². The first-order valence-corrected chi connectivity index (χ1v) is 14.2. The molecular weight excluding hydrogens is 538 g/mol. The fourth-order valence-electron chi connectivity index (χ4n) is 4.30. The van der Waals surface area contributed by atoms with Gasteiger partial charge in [0.1, 0.15) is 10.6 Å². The van der Waals surface area contributed by atoms with Crippen molar-refractivity contribution in [3.8, 4) is 17.3 Å². The number of benzene rings is 2. The number of sulfonamides is 1. The summed E-state index contributed by atoms with van der Waals surface area (Å²) >= 11 is 0. The minimum Gasteiger partial charge on any atom is -0.437 e. The van der Waals surface area contributed by atoms with Gasteiger partial charge < -0.3 is 14.4 Å². The Balaban J connectivity index is 1.90. The average Bonchev–Trinajstić information content (AvgIpc) is 3.19. The number of non-ortho nitro benzene ring substituents is 1. The van der Waals surface area contributed by atoms with Crippen molar-refractivity contribution in [3.05, 3.63) is 68.9 Å². The van der Waals surface area contributed by atoms with Crippen LogP contribution in [0.5, 0.6) is 11.6 Å². The van der Waals surface area contributed by atoms with Gasteiger partial charge in [-0.15, -0.1) is 0 Å². The number of amides is 1. The van der Waals surface area contributed by atoms with E-state index >= 15 is 0 Å². The third-order valence-electron chi connectivity index (χ3n) is 6.24. The van der Waals surface area contributed by atoms with E-state index in [2.05, 4.69) is 9.82 Å². The summed E-state index contributed by atoms with van der Waals surface area (Å²) in [7, 11) is -4.25. The second-order valence-electron chi connectivity index (χ2n) is 10.7. The first-order chi connectivity index (χ1) is 18.7. The SMILES string of the molecule is Cc1ccc(C)c(-n2nc(C(=O)N3CCOCC3)c(C)c2Oc2ccc([N+](=O)[O-])cc2S(=O)(=O)NC(C)(C)C)c1. The quantitative estimate of drug-likeness (QED) is 0.330. The van der Waals surface area contributed by atoms with Gasteiger partial charge in [-0.05, 0) is 64.8 Å². The number of aromatic nitrogens is 2. The molecule has 12 nitrogen and oxygen atoms in total. The monoisotopic (exact) mass is 571 g/mol. The van der Waals surface area contributed by atoms with Crippen LogP contribution >= 0.6 is 0 Å². The molecular formula is C27H33N5O7S. The number of nitrogens with zero attached hydrogens (tertiary/aromatic N) is 4. The Hall–Kier alpha value is -3.81. The Bertz CT molecular complexity index is 1570. The predicted octanol–water partition coefficient (Wildman–Crippen LogP) is 4.05. The van der Waals surface area contributed by atoms with Crippen molar-refractivity contribution in [2.45, 2.75) is 52.0 Å². The number of morpholine rings is 1. The Morgan fingerprint density at radius 2 is 1.77 bits per heavy atom. The molecule has 2 aromatic carbocycles. The zero-order valence-corrected chi connectivity index (χ0v) is 24.2. The lowest BCUT2D eigenvalue weighted by molar-refractivity contribution is -0.385. The first kappa shape index (κ1) is 29.2. The summed E-state index contributed by atoms with van der Waals surface area (Å²) in [6.45, 7) is 12.1. The summed E-state index contributed by atoms with van der Waals surface area (Å²) in [6, 6.07) is 9.08. The van der Waals surface area contributed by atoms with Gasteiger partial charge in [0.25, 0.3) is 11.6 Å². The van der Waals surface area contributed by atoms with Gasteiger partial charge in [-0.3, -0.25) is 14.9 Å². The van der Waals surface area contributed by atoms with Crippen molar-refractivity contribution < 1.29 is 27.6 Å². The summed E-state index contributed by atoms with van der Waals surface area (Å²) in [5, 5.41) is 16.1. The van der Waals surface area contributed by atoms with Crippen LogP contribution in [0.3, 0.4) is 0 Å². The highest BCUT2D eigenvalue weighted by molar-refractivity contribution is 7.89. The van der Waals surface area contributed by atoms with Gasteiger partial charge in [0.2, 0.25) is 15.9 Å². The Morgan fingerprint density at radius 1 is 1.10 bits per heavy atom. The molecule has 0 saturated carbocycles. The smallest absolute Gasteiger partial charge is 0.274 e. The number of carbonyl (C=O) groups excluding carboxylic acids is 1. The van der Waals surface area contributed by atoms with Crippen LogP contribution in [0.4, 0.5) is 5.69 Å². The second-order valence-corrected chi connectivity index (χ2v) is 12.4. The van der Waals surface area contributed by atoms with Gasteiger partial charge in [0.05, 0.1) is 23.8 Å². The van der Waals surface area contributed by atoms with E-state index in [-0.39, 0.29) is 23.2 Å². The van der Waals surface area contributed by atoms with Gasteiger partial charge in [-0.2, -0.15) is 9.78 Å². The van der Waals surface area contributed by atoms with E-state index in [0.717, 1.165) is 17.2 Å². The van der Waals surface area contributed by atoms with Gasteiger partial charge in [0.15, 0.2) is 5.69 Å². The average molecular weight is 572 g/mol. The minimum atomic E-state index is -4.25. The molecule has 4 rings (SSSR count). The number of nitro groups is 1. The molecule has 1 aliphatic rings. The molecule has 214 valence electrons. The van der Waals surface area contributed by atoms with Gasteiger partial charge in [-0.1, -0.05) is 12.1 Å². The van der Waals surface area contributed by atoms with Crippen LogP contribution in [0.2, 0.25) is 0 Å². The Morgan fingerprint density at radius 3 is 2.40 bits per heavy atom. The normalized spacial score (nSPS) is 14.3. The van der Waals surface area contributed by atoms with E-state index in [0.29, 0.717) is 37.6 Å². The fraction of sp³-hybridized carbons (Fsp3) is 0.407. The van der Waals surface area contributed by atoms with E-state index in [9.17, 15) is 23.3 Å². The van der Waals surface area contributed by atoms with E-state index < -0.39 is 31.1 Å². The predicted molar refractivity (Wildman–Crippen MR) is 148 cm³/mol. The van der Waals surface area contributed by atoms with Crippen molar-refractivity contribution in [2.24, 2.45) is 0 Å². The number of hydrogen-bond acceptors (Lipinski definition) is 8. The number of hydrogen-bond donors (Lipinski definition) is 1. The summed E-state index contributed by atoms with van der Waals surface area (Å²) < 4.78 is 42.4. The molecule has 40 heavy (non-hydrogen) atoms. The maximum absolute atomic E-state index is 13.5. The fourth-order valence-corrected chi connectivity index (χ4v) is 5.86. The molecule has 1 aliphatic heterocycles. The number of rotatable bonds is 7. The van der Waals surface area contributed by atoms with Crippen LogP contribution in [-0.4, -0.2) is 65.8 Å². The van der Waals surface area contributed by atoms with Crippen molar-refractivity contribution in [3.63, 3.8) is 0 Å². The Kier molecular flexibility index (Phi) is 8.01. The highest BCUT2D eigenvalue weighted by Crippen LogP contribution is 2.37. The molecule has 13 heteroatoms. The van der Waals surface area contributed by atoms with E-state index in [4.69, 9.17) is 9.47 Å². The first-order valence-electron chi connectivity index (χ1n) is 12.7. The lowest BCUT2D eigenvalue weighted by Crippen LogP contribution is -2.41. The number of nitrogens with one attached hydrogen (secondary N) is 1. The van der Waals surface area contributed by atoms with Crippen LogP contribution in [0.25, 0.3) is 5.69 Å². The molecule has 1 fully saturated rings. The van der Waals surface area contributed by atoms with Crippen LogP contribution in [0, 0.1) is 30.9 Å². The van der Waals surface area contributed by atoms with Gasteiger partial charge >= 0.3 is 0 Å². The summed E-state index contributed by atoms with van der Waals surface area (Å²) in [4.78, 5) is 25.5. The van der Waals surface area contributed by atoms with Crippen LogP contribution < -0.4 is 9.46 Å². The third kappa shape index (κ3) is 6.16. The third-order valence-corrected chi connectivity index (χ3v) is 8.02. The molecule has 2 heterocycles. The van der Waals surface area contributed by atoms with Crippen LogP contribution in [-0.2, 0) is 14.8 Å². The van der Waals surface area contributed by atoms with Crippen LogP contribution in [0.15, 0.2) is 41.3 Å². The molecule has 0 aliphatic carbocycles. The number of carbonyl (C=O) groups is 1. The molecule has 1 N–H and O–H groups in total. The maximum atomic E-state index is 13.5. The van der Waals surface area contributed by atoms with E-state index in [1.165, 1.54) is 16.8 Å². The second kappa shape index (κ2) is 11.0. The molecule has 0 radical (unpaired) electrons. The molecule has 0 unspecified atom stereocenters. The largest absolute Gasteiger partial charge is 0.437 e. The zero-order chi connectivity index (χ0) is 29.4. The molecule has 0 bridgehead atoms. The number of ether oxygens (including phenoxy) is 2. The summed E-state index contributed by atoms with van der Waals surface area (Å²) in [6.07, 6.45) is 0. The summed E-state index contributed by atoms with van der Waals surface area (Å²) in [5.41, 5.74) is 1.68. The topological polar surface area (TPSA) is 146 Å². The molecule has 1 aromatic heterocycles. The zero-order valence-electron chi connectivity index (χ0n) is 23.3. The standard InChI is InChI=1S/C27H33N5O7S/c1-17-7-8-18(2)21(15-17)31-26(19(3)24(28-31)25(33)30-11-13-38-14-12-30)39-22-10-9-20(32(34)35)16-23(22)40(36,37)29-27(4,5)6/h7-10,15-16,29H,11-14H2,1-6H3. The number of aryl methyl sites for hydroxylation is 2. The summed E-state index contributed by atoms with van der Waals surface area (Å²) in [5.74, 6) is -0.339. The lowest BCUT2D eigenvalue weighted by atomic mass is 10.1. The van der Waals surface area contributed by atoms with Crippen molar-refractivity contribution in [2.75, 3.05) is 26.3 Å². The lowest BCUT2D eigenvalue weighted by Gasteiger charge is -2.26. The Labute approximate surface area is 233 Å². The van der Waals surface area contributed by atoms with Crippen molar-refractivity contribution >= 4 is 21.6 Å². The van der Waals surface area contributed by atoms with Crippen molar-refractivity contribution in [1.82, 2.24) is 19.4 Å². The minimum absolute atomic E-state index is 0.117. The highest BCUT2D eigenvalue weighted by Gasteiger charge is 2.31. The molecule has 0 spiro atoms. The van der Waals surface area contributed by atoms with Gasteiger partial charge in [-0.25, -0.2) is 13.1 Å². The van der Waals surface area contributed by atoms with E-state index in [1.54, 1.807) is 32.6 Å². The van der Waals surface area contributed by atoms with Crippen LogP contribution in [0.1, 0.15) is 48.0 Å². The molecule has 0 atom stereocenters. The van der Waals surface area contributed by atoms with Crippen molar-refractivity contribution in [1.29, 1.82) is 0 Å². The highest BCUT2D eigenvalue weighted by atomic mass is 32.2. The molecule has 1 saturated heterocycles. The molecule has 1 amide bonds. The molecule has 3 aromatic rings.